The molecule has 3 N–H and O–H groups in total. The molecule has 0 aliphatic carbocycles. The van der Waals surface area contributed by atoms with E-state index in [0.29, 0.717) is 11.6 Å². The van der Waals surface area contributed by atoms with Gasteiger partial charge in [-0.25, -0.2) is 4.98 Å². The van der Waals surface area contributed by atoms with Crippen LogP contribution >= 0.6 is 27.5 Å². The third-order valence-electron chi connectivity index (χ3n) is 2.71. The highest BCUT2D eigenvalue weighted by Gasteiger charge is 2.13. The van der Waals surface area contributed by atoms with Gasteiger partial charge in [0.25, 0.3) is 0 Å². The van der Waals surface area contributed by atoms with Crippen molar-refractivity contribution in [2.45, 2.75) is 6.04 Å². The van der Waals surface area contributed by atoms with Crippen molar-refractivity contribution in [3.63, 3.8) is 0 Å². The van der Waals surface area contributed by atoms with E-state index in [4.69, 9.17) is 17.3 Å². The number of nitrogens with one attached hydrogen (secondary N) is 1. The first-order valence-electron chi connectivity index (χ1n) is 5.49. The van der Waals surface area contributed by atoms with Gasteiger partial charge in [-0.05, 0) is 34.1 Å². The van der Waals surface area contributed by atoms with Gasteiger partial charge in [0.15, 0.2) is 0 Å². The topological polar surface area (TPSA) is 55.9 Å². The van der Waals surface area contributed by atoms with E-state index in [-0.39, 0.29) is 6.04 Å². The van der Waals surface area contributed by atoms with E-state index >= 15 is 0 Å². The predicted octanol–water partition coefficient (Wildman–Crippen LogP) is 2.95. The highest BCUT2D eigenvalue weighted by Crippen LogP contribution is 2.27. The molecule has 0 radical (unpaired) electrons. The van der Waals surface area contributed by atoms with Crippen molar-refractivity contribution in [3.8, 4) is 0 Å². The van der Waals surface area contributed by atoms with Crippen molar-refractivity contribution in [2.24, 2.45) is 12.8 Å². The molecule has 96 valence electrons. The Bertz CT molecular complexity index is 541. The number of imidazole rings is 1. The van der Waals surface area contributed by atoms with Gasteiger partial charge in [0, 0.05) is 23.8 Å². The van der Waals surface area contributed by atoms with Crippen LogP contribution in [-0.2, 0) is 7.05 Å². The minimum Gasteiger partial charge on any atom is -0.375 e. The lowest BCUT2D eigenvalue weighted by Crippen LogP contribution is -2.22. The molecule has 2 rings (SSSR count). The lowest BCUT2D eigenvalue weighted by molar-refractivity contribution is 0.706. The molecule has 0 aliphatic heterocycles. The molecule has 0 fully saturated rings. The SMILES string of the molecule is Cn1cncc1C(CN)Nc1ccc(Br)c(Cl)c1. The van der Waals surface area contributed by atoms with Crippen LogP contribution in [-0.4, -0.2) is 16.1 Å². The second-order valence-corrected chi connectivity index (χ2v) is 5.25. The monoisotopic (exact) mass is 328 g/mol. The molecule has 1 heterocycles. The van der Waals surface area contributed by atoms with E-state index in [0.717, 1.165) is 15.9 Å². The second kappa shape index (κ2) is 5.73. The molecule has 4 nitrogen and oxygen atoms in total. The van der Waals surface area contributed by atoms with E-state index < -0.39 is 0 Å². The molecule has 0 amide bonds. The maximum Gasteiger partial charge on any atom is 0.0946 e. The Kier molecular flexibility index (Phi) is 4.27. The van der Waals surface area contributed by atoms with Crippen molar-refractivity contribution < 1.29 is 0 Å². The molecule has 1 aromatic heterocycles. The summed E-state index contributed by atoms with van der Waals surface area (Å²) in [7, 11) is 1.95. The fourth-order valence-electron chi connectivity index (χ4n) is 1.74. The second-order valence-electron chi connectivity index (χ2n) is 3.99. The van der Waals surface area contributed by atoms with Gasteiger partial charge in [-0.2, -0.15) is 0 Å². The first-order chi connectivity index (χ1) is 8.61. The standard InChI is InChI=1S/C12H14BrClN4/c1-18-7-16-6-12(18)11(5-15)17-8-2-3-9(13)10(14)4-8/h2-4,6-7,11,17H,5,15H2,1H3. The lowest BCUT2D eigenvalue weighted by Gasteiger charge is -2.18. The van der Waals surface area contributed by atoms with E-state index in [2.05, 4.69) is 26.2 Å². The number of halogens is 2. The van der Waals surface area contributed by atoms with E-state index in [1.807, 2.05) is 36.0 Å². The number of hydrogen-bond donors (Lipinski definition) is 2. The fraction of sp³-hybridized carbons (Fsp3) is 0.250. The zero-order valence-electron chi connectivity index (χ0n) is 9.90. The van der Waals surface area contributed by atoms with Crippen LogP contribution in [0.4, 0.5) is 5.69 Å². The Labute approximate surface area is 119 Å². The van der Waals surface area contributed by atoms with Crippen molar-refractivity contribution in [1.82, 2.24) is 9.55 Å². The van der Waals surface area contributed by atoms with Gasteiger partial charge in [-0.15, -0.1) is 0 Å². The molecule has 1 atom stereocenters. The first kappa shape index (κ1) is 13.4. The number of benzene rings is 1. The predicted molar refractivity (Wildman–Crippen MR) is 77.8 cm³/mol. The van der Waals surface area contributed by atoms with Crippen molar-refractivity contribution in [1.29, 1.82) is 0 Å². The van der Waals surface area contributed by atoms with Crippen LogP contribution in [0.1, 0.15) is 11.7 Å². The van der Waals surface area contributed by atoms with E-state index in [1.54, 1.807) is 6.33 Å². The zero-order chi connectivity index (χ0) is 13.1. The van der Waals surface area contributed by atoms with Gasteiger partial charge in [0.1, 0.15) is 0 Å². The summed E-state index contributed by atoms with van der Waals surface area (Å²) in [6.07, 6.45) is 3.57. The largest absolute Gasteiger partial charge is 0.375 e. The number of nitrogens with two attached hydrogens (primary N) is 1. The summed E-state index contributed by atoms with van der Waals surface area (Å²) in [4.78, 5) is 4.10. The molecule has 0 aliphatic rings. The third-order valence-corrected chi connectivity index (χ3v) is 3.94. The maximum absolute atomic E-state index is 6.06. The summed E-state index contributed by atoms with van der Waals surface area (Å²) in [6.45, 7) is 0.479. The van der Waals surface area contributed by atoms with Crippen LogP contribution in [0, 0.1) is 0 Å². The molecule has 0 spiro atoms. The van der Waals surface area contributed by atoms with Gasteiger partial charge in [-0.3, -0.25) is 0 Å². The molecule has 6 heteroatoms. The zero-order valence-corrected chi connectivity index (χ0v) is 12.2. The van der Waals surface area contributed by atoms with Gasteiger partial charge in [0.05, 0.1) is 29.3 Å². The van der Waals surface area contributed by atoms with Crippen LogP contribution < -0.4 is 11.1 Å². The molecular formula is C12H14BrClN4. The quantitative estimate of drug-likeness (QED) is 0.907. The van der Waals surface area contributed by atoms with Crippen LogP contribution in [0.15, 0.2) is 35.2 Å². The molecule has 1 unspecified atom stereocenters. The van der Waals surface area contributed by atoms with Gasteiger partial charge in [-0.1, -0.05) is 11.6 Å². The summed E-state index contributed by atoms with van der Waals surface area (Å²) < 4.78 is 2.82. The van der Waals surface area contributed by atoms with Gasteiger partial charge in [0.2, 0.25) is 0 Å². The average molecular weight is 330 g/mol. The highest BCUT2D eigenvalue weighted by molar-refractivity contribution is 9.10. The summed E-state index contributed by atoms with van der Waals surface area (Å²) >= 11 is 9.43. The fourth-order valence-corrected chi connectivity index (χ4v) is 2.17. The molecule has 0 bridgehead atoms. The van der Waals surface area contributed by atoms with Crippen LogP contribution in [0.25, 0.3) is 0 Å². The number of nitrogens with zero attached hydrogens (tertiary/aromatic N) is 2. The highest BCUT2D eigenvalue weighted by atomic mass is 79.9. The number of aromatic nitrogens is 2. The average Bonchev–Trinajstić information content (AvgIpc) is 2.77. The smallest absolute Gasteiger partial charge is 0.0946 e. The summed E-state index contributed by atoms with van der Waals surface area (Å²) in [5.74, 6) is 0. The minimum absolute atomic E-state index is 0.00902. The van der Waals surface area contributed by atoms with E-state index in [1.165, 1.54) is 0 Å². The molecule has 2 aromatic rings. The molecule has 18 heavy (non-hydrogen) atoms. The van der Waals surface area contributed by atoms with Crippen LogP contribution in [0.2, 0.25) is 5.02 Å². The molecule has 0 saturated heterocycles. The Hall–Kier alpha value is -1.04. The minimum atomic E-state index is 0.00902. The molecular weight excluding hydrogens is 316 g/mol. The van der Waals surface area contributed by atoms with Crippen LogP contribution in [0.5, 0.6) is 0 Å². The Morgan fingerprint density at radius 1 is 1.56 bits per heavy atom. The summed E-state index contributed by atoms with van der Waals surface area (Å²) in [5.41, 5.74) is 7.77. The molecule has 1 aromatic carbocycles. The van der Waals surface area contributed by atoms with Crippen molar-refractivity contribution in [3.05, 3.63) is 45.9 Å². The number of aryl methyl sites for hydroxylation is 1. The Morgan fingerprint density at radius 3 is 2.89 bits per heavy atom. The van der Waals surface area contributed by atoms with Gasteiger partial charge >= 0.3 is 0 Å². The number of hydrogen-bond acceptors (Lipinski definition) is 3. The summed E-state index contributed by atoms with van der Waals surface area (Å²) in [6, 6.07) is 5.73. The Morgan fingerprint density at radius 2 is 2.33 bits per heavy atom. The van der Waals surface area contributed by atoms with Crippen molar-refractivity contribution in [2.75, 3.05) is 11.9 Å². The van der Waals surface area contributed by atoms with Gasteiger partial charge < -0.3 is 15.6 Å². The molecule has 0 saturated carbocycles. The van der Waals surface area contributed by atoms with E-state index in [9.17, 15) is 0 Å². The maximum atomic E-state index is 6.06. The van der Waals surface area contributed by atoms with Crippen molar-refractivity contribution >= 4 is 33.2 Å². The third kappa shape index (κ3) is 2.85. The summed E-state index contributed by atoms with van der Waals surface area (Å²) in [5, 5.41) is 4.02. The number of rotatable bonds is 4. The number of anilines is 1. The Balaban J connectivity index is 2.20. The normalized spacial score (nSPS) is 12.4. The van der Waals surface area contributed by atoms with Crippen LogP contribution in [0.3, 0.4) is 0 Å². The lowest BCUT2D eigenvalue weighted by atomic mass is 10.2. The first-order valence-corrected chi connectivity index (χ1v) is 6.66.